The smallest absolute Gasteiger partial charge is 0.247 e. The molecule has 4 atom stereocenters. The number of rotatable bonds is 8. The third-order valence-corrected chi connectivity index (χ3v) is 9.67. The second-order valence-electron chi connectivity index (χ2n) is 13.0. The number of benzene rings is 4. The van der Waals surface area contributed by atoms with E-state index in [-0.39, 0.29) is 35.5 Å². The first-order chi connectivity index (χ1) is 24.3. The van der Waals surface area contributed by atoms with Gasteiger partial charge in [0.15, 0.2) is 0 Å². The van der Waals surface area contributed by atoms with Gasteiger partial charge in [0.05, 0.1) is 11.8 Å². The molecule has 2 aliphatic heterocycles. The Labute approximate surface area is 293 Å². The van der Waals surface area contributed by atoms with E-state index in [1.54, 1.807) is 9.80 Å². The molecular weight excluding hydrogens is 624 g/mol. The SMILES string of the molecule is C[C@@H](C(=O)N1CCC[C@H]1C(=O)Nc1ccc(C#Cc2ccc(NC(=O)[C@@H]3CCCN3C(=O)[C@H](C)c3ccccc3)cc2)cc1)c1ccccc1. The van der Waals surface area contributed by atoms with E-state index in [4.69, 9.17) is 0 Å². The Morgan fingerprint density at radius 1 is 0.560 bits per heavy atom. The molecule has 50 heavy (non-hydrogen) atoms. The van der Waals surface area contributed by atoms with Crippen molar-refractivity contribution in [3.05, 3.63) is 131 Å². The molecular formula is C42H42N4O4. The summed E-state index contributed by atoms with van der Waals surface area (Å²) in [6.07, 6.45) is 2.86. The minimum absolute atomic E-state index is 0.0315. The standard InChI is InChI=1S/C42H42N4O4/c1-29(33-11-5-3-6-12-33)41(49)45-27-9-15-37(45)39(47)43-35-23-19-31(20-24-35)17-18-32-21-25-36(26-22-32)44-40(48)38-16-10-28-46(38)42(50)30(2)34-13-7-4-8-14-34/h3-8,11-14,19-26,29-30,37-38H,9-10,15-16,27-28H2,1-2H3,(H,43,47)(H,44,48)/t29-,30-,37+,38+/m1/s1. The summed E-state index contributed by atoms with van der Waals surface area (Å²) < 4.78 is 0. The number of anilines is 2. The van der Waals surface area contributed by atoms with Crippen molar-refractivity contribution >= 4 is 35.0 Å². The highest BCUT2D eigenvalue weighted by Gasteiger charge is 2.37. The number of carbonyl (C=O) groups excluding carboxylic acids is 4. The van der Waals surface area contributed by atoms with Gasteiger partial charge in [-0.15, -0.1) is 0 Å². The molecule has 2 heterocycles. The maximum atomic E-state index is 13.3. The van der Waals surface area contributed by atoms with Crippen molar-refractivity contribution in [2.75, 3.05) is 23.7 Å². The van der Waals surface area contributed by atoms with Gasteiger partial charge >= 0.3 is 0 Å². The molecule has 0 aliphatic carbocycles. The summed E-state index contributed by atoms with van der Waals surface area (Å²) in [6.45, 7) is 4.93. The predicted octanol–water partition coefficient (Wildman–Crippen LogP) is 6.55. The molecule has 2 saturated heterocycles. The van der Waals surface area contributed by atoms with Gasteiger partial charge in [0, 0.05) is 35.6 Å². The summed E-state index contributed by atoms with van der Waals surface area (Å²) in [6, 6.07) is 32.9. The van der Waals surface area contributed by atoms with E-state index in [2.05, 4.69) is 22.5 Å². The molecule has 254 valence electrons. The van der Waals surface area contributed by atoms with Crippen molar-refractivity contribution in [2.45, 2.75) is 63.5 Å². The van der Waals surface area contributed by atoms with Crippen LogP contribution in [0.1, 0.15) is 73.6 Å². The lowest BCUT2D eigenvalue weighted by atomic mass is 9.99. The lowest BCUT2D eigenvalue weighted by Crippen LogP contribution is -2.44. The van der Waals surface area contributed by atoms with Crippen molar-refractivity contribution in [3.63, 3.8) is 0 Å². The molecule has 0 aromatic heterocycles. The summed E-state index contributed by atoms with van der Waals surface area (Å²) in [4.78, 5) is 56.3. The van der Waals surface area contributed by atoms with Crippen LogP contribution in [0.3, 0.4) is 0 Å². The molecule has 4 amide bonds. The summed E-state index contributed by atoms with van der Waals surface area (Å²) in [5.41, 5.74) is 4.74. The summed E-state index contributed by atoms with van der Waals surface area (Å²) in [5.74, 6) is 5.24. The van der Waals surface area contributed by atoms with E-state index in [1.807, 2.05) is 123 Å². The third kappa shape index (κ3) is 7.95. The first kappa shape index (κ1) is 34.2. The molecule has 4 aromatic carbocycles. The second kappa shape index (κ2) is 15.7. The van der Waals surface area contributed by atoms with Gasteiger partial charge in [-0.05, 0) is 99.2 Å². The number of carbonyl (C=O) groups is 4. The predicted molar refractivity (Wildman–Crippen MR) is 195 cm³/mol. The minimum Gasteiger partial charge on any atom is -0.330 e. The van der Waals surface area contributed by atoms with Crippen LogP contribution in [0.5, 0.6) is 0 Å². The van der Waals surface area contributed by atoms with E-state index >= 15 is 0 Å². The van der Waals surface area contributed by atoms with Crippen LogP contribution in [0.15, 0.2) is 109 Å². The van der Waals surface area contributed by atoms with E-state index < -0.39 is 12.1 Å². The van der Waals surface area contributed by atoms with E-state index in [0.29, 0.717) is 37.3 Å². The lowest BCUT2D eigenvalue weighted by Gasteiger charge is -2.27. The van der Waals surface area contributed by atoms with Gasteiger partial charge in [-0.3, -0.25) is 19.2 Å². The molecule has 4 aromatic rings. The monoisotopic (exact) mass is 666 g/mol. The Balaban J connectivity index is 1.01. The van der Waals surface area contributed by atoms with Crippen LogP contribution >= 0.6 is 0 Å². The topological polar surface area (TPSA) is 98.8 Å². The molecule has 0 radical (unpaired) electrons. The first-order valence-electron chi connectivity index (χ1n) is 17.3. The molecule has 2 N–H and O–H groups in total. The number of nitrogens with one attached hydrogen (secondary N) is 2. The Bertz CT molecular complexity index is 1740. The van der Waals surface area contributed by atoms with Crippen LogP contribution in [0.4, 0.5) is 11.4 Å². The van der Waals surface area contributed by atoms with E-state index in [1.165, 1.54) is 0 Å². The molecule has 0 unspecified atom stereocenters. The fourth-order valence-electron chi connectivity index (χ4n) is 6.74. The second-order valence-corrected chi connectivity index (χ2v) is 13.0. The Morgan fingerprint density at radius 3 is 1.28 bits per heavy atom. The number of hydrogen-bond donors (Lipinski definition) is 2. The number of hydrogen-bond acceptors (Lipinski definition) is 4. The van der Waals surface area contributed by atoms with Gasteiger partial charge in [-0.2, -0.15) is 0 Å². The zero-order valence-corrected chi connectivity index (χ0v) is 28.5. The highest BCUT2D eigenvalue weighted by Crippen LogP contribution is 2.27. The van der Waals surface area contributed by atoms with Crippen molar-refractivity contribution < 1.29 is 19.2 Å². The van der Waals surface area contributed by atoms with Gasteiger partial charge < -0.3 is 20.4 Å². The molecule has 8 heteroatoms. The summed E-state index contributed by atoms with van der Waals surface area (Å²) >= 11 is 0. The molecule has 8 nitrogen and oxygen atoms in total. The maximum absolute atomic E-state index is 13.3. The minimum atomic E-state index is -0.496. The number of amides is 4. The van der Waals surface area contributed by atoms with Crippen LogP contribution in [-0.4, -0.2) is 58.6 Å². The van der Waals surface area contributed by atoms with Gasteiger partial charge in [0.1, 0.15) is 12.1 Å². The summed E-state index contributed by atoms with van der Waals surface area (Å²) in [7, 11) is 0. The fourth-order valence-corrected chi connectivity index (χ4v) is 6.74. The van der Waals surface area contributed by atoms with Crippen LogP contribution in [-0.2, 0) is 19.2 Å². The van der Waals surface area contributed by atoms with Crippen molar-refractivity contribution in [2.24, 2.45) is 0 Å². The fraction of sp³-hybridized carbons (Fsp3) is 0.286. The Kier molecular flexibility index (Phi) is 10.7. The largest absolute Gasteiger partial charge is 0.330 e. The molecule has 0 spiro atoms. The average molecular weight is 667 g/mol. The highest BCUT2D eigenvalue weighted by atomic mass is 16.2. The van der Waals surface area contributed by atoms with E-state index in [0.717, 1.165) is 35.1 Å². The number of likely N-dealkylation sites (tertiary alicyclic amines) is 2. The van der Waals surface area contributed by atoms with Crippen LogP contribution in [0.2, 0.25) is 0 Å². The molecule has 2 fully saturated rings. The molecule has 0 bridgehead atoms. The van der Waals surface area contributed by atoms with E-state index in [9.17, 15) is 19.2 Å². The maximum Gasteiger partial charge on any atom is 0.247 e. The number of nitrogens with zero attached hydrogens (tertiary/aromatic N) is 2. The van der Waals surface area contributed by atoms with Crippen LogP contribution in [0, 0.1) is 11.8 Å². The normalized spacial score (nSPS) is 18.0. The van der Waals surface area contributed by atoms with Gasteiger partial charge in [-0.1, -0.05) is 72.5 Å². The first-order valence-corrected chi connectivity index (χ1v) is 17.3. The quantitative estimate of drug-likeness (QED) is 0.208. The third-order valence-electron chi connectivity index (χ3n) is 9.67. The molecule has 2 aliphatic rings. The molecule has 0 saturated carbocycles. The average Bonchev–Trinajstić information content (AvgIpc) is 3.86. The van der Waals surface area contributed by atoms with Gasteiger partial charge in [0.2, 0.25) is 23.6 Å². The van der Waals surface area contributed by atoms with Crippen LogP contribution < -0.4 is 10.6 Å². The van der Waals surface area contributed by atoms with Gasteiger partial charge in [-0.25, -0.2) is 0 Å². The van der Waals surface area contributed by atoms with Crippen molar-refractivity contribution in [1.82, 2.24) is 9.80 Å². The van der Waals surface area contributed by atoms with Crippen LogP contribution in [0.25, 0.3) is 0 Å². The zero-order valence-electron chi connectivity index (χ0n) is 28.5. The van der Waals surface area contributed by atoms with Crippen molar-refractivity contribution in [1.29, 1.82) is 0 Å². The summed E-state index contributed by atoms with van der Waals surface area (Å²) in [5, 5.41) is 5.95. The van der Waals surface area contributed by atoms with Crippen molar-refractivity contribution in [3.8, 4) is 11.8 Å². The molecule has 6 rings (SSSR count). The zero-order chi connectivity index (χ0) is 35.0. The highest BCUT2D eigenvalue weighted by molar-refractivity contribution is 5.99. The van der Waals surface area contributed by atoms with Gasteiger partial charge in [0.25, 0.3) is 0 Å². The Hall–Kier alpha value is -5.68. The lowest BCUT2D eigenvalue weighted by molar-refractivity contribution is -0.137. The Morgan fingerprint density at radius 2 is 0.920 bits per heavy atom.